The number of nitrogens with zero attached hydrogens (tertiary/aromatic N) is 3. The molecule has 2 heterocycles. The molecule has 0 aliphatic carbocycles. The zero-order valence-corrected chi connectivity index (χ0v) is 12.2. The quantitative estimate of drug-likeness (QED) is 0.935. The number of aromatic nitrogens is 2. The third kappa shape index (κ3) is 3.58. The summed E-state index contributed by atoms with van der Waals surface area (Å²) in [5, 5.41) is 9.21. The van der Waals surface area contributed by atoms with E-state index in [1.165, 1.54) is 5.56 Å². The molecule has 4 heteroatoms. The Labute approximate surface area is 125 Å². The van der Waals surface area contributed by atoms with Crippen LogP contribution in [0.4, 0.5) is 5.82 Å². The molecule has 0 bridgehead atoms. The number of piperidine rings is 1. The van der Waals surface area contributed by atoms with E-state index < -0.39 is 0 Å². The number of hydrogen-bond donors (Lipinski definition) is 1. The molecule has 1 fully saturated rings. The minimum atomic E-state index is 0.302. The van der Waals surface area contributed by atoms with E-state index in [2.05, 4.69) is 22.0 Å². The number of benzene rings is 1. The number of rotatable bonds is 4. The molecular formula is C17H21N3O. The number of anilines is 1. The molecule has 1 aliphatic rings. The summed E-state index contributed by atoms with van der Waals surface area (Å²) in [7, 11) is 0. The van der Waals surface area contributed by atoms with Crippen LogP contribution in [-0.4, -0.2) is 34.8 Å². The van der Waals surface area contributed by atoms with Gasteiger partial charge in [-0.05, 0) is 30.4 Å². The molecule has 0 spiro atoms. The summed E-state index contributed by atoms with van der Waals surface area (Å²) in [5.74, 6) is 2.32. The predicted molar refractivity (Wildman–Crippen MR) is 83.3 cm³/mol. The fraction of sp³-hybridized carbons (Fsp3) is 0.412. The molecule has 1 saturated heterocycles. The van der Waals surface area contributed by atoms with E-state index >= 15 is 0 Å². The van der Waals surface area contributed by atoms with E-state index in [9.17, 15) is 5.11 Å². The molecule has 1 N–H and O–H groups in total. The first-order chi connectivity index (χ1) is 10.3. The second-order valence-electron chi connectivity index (χ2n) is 5.61. The van der Waals surface area contributed by atoms with E-state index in [0.29, 0.717) is 12.5 Å². The minimum absolute atomic E-state index is 0.302. The first-order valence-corrected chi connectivity index (χ1v) is 7.57. The predicted octanol–water partition coefficient (Wildman–Crippen LogP) is 2.28. The second kappa shape index (κ2) is 6.68. The largest absolute Gasteiger partial charge is 0.396 e. The van der Waals surface area contributed by atoms with Crippen molar-refractivity contribution in [3.63, 3.8) is 0 Å². The van der Waals surface area contributed by atoms with Crippen molar-refractivity contribution in [2.45, 2.75) is 19.3 Å². The molecule has 4 nitrogen and oxygen atoms in total. The van der Waals surface area contributed by atoms with Crippen molar-refractivity contribution in [2.24, 2.45) is 5.92 Å². The molecule has 1 aliphatic heterocycles. The van der Waals surface area contributed by atoms with Crippen LogP contribution in [0.5, 0.6) is 0 Å². The average molecular weight is 283 g/mol. The van der Waals surface area contributed by atoms with Gasteiger partial charge in [0, 0.05) is 32.3 Å². The Morgan fingerprint density at radius 1 is 1.10 bits per heavy atom. The number of aliphatic hydroxyl groups excluding tert-OH is 1. The Morgan fingerprint density at radius 3 is 2.57 bits per heavy atom. The van der Waals surface area contributed by atoms with Gasteiger partial charge >= 0.3 is 0 Å². The normalized spacial score (nSPS) is 16.1. The minimum Gasteiger partial charge on any atom is -0.396 e. The van der Waals surface area contributed by atoms with Crippen molar-refractivity contribution in [3.8, 4) is 0 Å². The van der Waals surface area contributed by atoms with Gasteiger partial charge in [0.1, 0.15) is 11.6 Å². The molecule has 0 amide bonds. The van der Waals surface area contributed by atoms with Crippen LogP contribution in [0.1, 0.15) is 24.2 Å². The monoisotopic (exact) mass is 283 g/mol. The van der Waals surface area contributed by atoms with Gasteiger partial charge in [-0.2, -0.15) is 0 Å². The highest BCUT2D eigenvalue weighted by Crippen LogP contribution is 2.21. The average Bonchev–Trinajstić information content (AvgIpc) is 2.56. The Hall–Kier alpha value is -1.94. The van der Waals surface area contributed by atoms with Crippen molar-refractivity contribution in [2.75, 3.05) is 24.6 Å². The van der Waals surface area contributed by atoms with Crippen molar-refractivity contribution in [1.82, 2.24) is 9.97 Å². The van der Waals surface area contributed by atoms with Gasteiger partial charge in [0.2, 0.25) is 0 Å². The molecule has 3 rings (SSSR count). The van der Waals surface area contributed by atoms with Crippen LogP contribution in [0.2, 0.25) is 0 Å². The summed E-state index contributed by atoms with van der Waals surface area (Å²) < 4.78 is 0. The van der Waals surface area contributed by atoms with E-state index in [-0.39, 0.29) is 0 Å². The highest BCUT2D eigenvalue weighted by molar-refractivity contribution is 5.38. The maximum absolute atomic E-state index is 9.21. The molecule has 21 heavy (non-hydrogen) atoms. The van der Waals surface area contributed by atoms with Gasteiger partial charge in [-0.15, -0.1) is 0 Å². The highest BCUT2D eigenvalue weighted by atomic mass is 16.3. The van der Waals surface area contributed by atoms with Gasteiger partial charge in [0.15, 0.2) is 0 Å². The third-order valence-electron chi connectivity index (χ3n) is 4.09. The Kier molecular flexibility index (Phi) is 4.46. The standard InChI is InChI=1S/C17H21N3O/c21-13-15-7-10-20(11-8-15)17-6-9-18-16(19-17)12-14-4-2-1-3-5-14/h1-6,9,15,21H,7-8,10-13H2. The smallest absolute Gasteiger partial charge is 0.135 e. The second-order valence-corrected chi connectivity index (χ2v) is 5.61. The molecule has 0 unspecified atom stereocenters. The maximum atomic E-state index is 9.21. The zero-order chi connectivity index (χ0) is 14.5. The van der Waals surface area contributed by atoms with Gasteiger partial charge in [-0.25, -0.2) is 9.97 Å². The summed E-state index contributed by atoms with van der Waals surface area (Å²) in [6, 6.07) is 12.3. The number of hydrogen-bond acceptors (Lipinski definition) is 4. The van der Waals surface area contributed by atoms with Crippen LogP contribution < -0.4 is 4.90 Å². The van der Waals surface area contributed by atoms with E-state index in [0.717, 1.165) is 44.0 Å². The first-order valence-electron chi connectivity index (χ1n) is 7.57. The van der Waals surface area contributed by atoms with Gasteiger partial charge < -0.3 is 10.0 Å². The Bertz CT molecular complexity index is 565. The van der Waals surface area contributed by atoms with Crippen molar-refractivity contribution < 1.29 is 5.11 Å². The summed E-state index contributed by atoms with van der Waals surface area (Å²) in [4.78, 5) is 11.4. The topological polar surface area (TPSA) is 49.2 Å². The summed E-state index contributed by atoms with van der Waals surface area (Å²) in [6.07, 6.45) is 4.68. The van der Waals surface area contributed by atoms with Crippen molar-refractivity contribution >= 4 is 5.82 Å². The zero-order valence-electron chi connectivity index (χ0n) is 12.2. The molecule has 0 saturated carbocycles. The molecule has 1 aromatic carbocycles. The first kappa shape index (κ1) is 14.0. The molecular weight excluding hydrogens is 262 g/mol. The molecule has 1 aromatic heterocycles. The van der Waals surface area contributed by atoms with Crippen molar-refractivity contribution in [3.05, 3.63) is 54.0 Å². The summed E-state index contributed by atoms with van der Waals surface area (Å²) in [5.41, 5.74) is 1.23. The Morgan fingerprint density at radius 2 is 1.86 bits per heavy atom. The van der Waals surface area contributed by atoms with Crippen LogP contribution in [0.15, 0.2) is 42.6 Å². The van der Waals surface area contributed by atoms with Crippen LogP contribution in [-0.2, 0) is 6.42 Å². The van der Waals surface area contributed by atoms with Crippen LogP contribution in [0, 0.1) is 5.92 Å². The fourth-order valence-electron chi connectivity index (χ4n) is 2.77. The van der Waals surface area contributed by atoms with Crippen LogP contribution >= 0.6 is 0 Å². The Balaban J connectivity index is 1.69. The van der Waals surface area contributed by atoms with E-state index in [1.54, 1.807) is 0 Å². The number of aliphatic hydroxyl groups is 1. The lowest BCUT2D eigenvalue weighted by atomic mass is 9.98. The molecule has 110 valence electrons. The SMILES string of the molecule is OCC1CCN(c2ccnc(Cc3ccccc3)n2)CC1. The fourth-order valence-corrected chi connectivity index (χ4v) is 2.77. The lowest BCUT2D eigenvalue weighted by Crippen LogP contribution is -2.35. The van der Waals surface area contributed by atoms with Gasteiger partial charge in [-0.1, -0.05) is 30.3 Å². The highest BCUT2D eigenvalue weighted by Gasteiger charge is 2.19. The molecule has 0 atom stereocenters. The molecule has 0 radical (unpaired) electrons. The lowest BCUT2D eigenvalue weighted by Gasteiger charge is -2.32. The molecule has 2 aromatic rings. The van der Waals surface area contributed by atoms with Crippen LogP contribution in [0.25, 0.3) is 0 Å². The maximum Gasteiger partial charge on any atom is 0.135 e. The van der Waals surface area contributed by atoms with Gasteiger partial charge in [0.25, 0.3) is 0 Å². The summed E-state index contributed by atoms with van der Waals surface area (Å²) in [6.45, 7) is 2.23. The van der Waals surface area contributed by atoms with Crippen molar-refractivity contribution in [1.29, 1.82) is 0 Å². The van der Waals surface area contributed by atoms with Crippen LogP contribution in [0.3, 0.4) is 0 Å². The third-order valence-corrected chi connectivity index (χ3v) is 4.09. The van der Waals surface area contributed by atoms with E-state index in [4.69, 9.17) is 4.98 Å². The summed E-state index contributed by atoms with van der Waals surface area (Å²) >= 11 is 0. The van der Waals surface area contributed by atoms with Gasteiger partial charge in [-0.3, -0.25) is 0 Å². The van der Waals surface area contributed by atoms with E-state index in [1.807, 2.05) is 30.5 Å². The van der Waals surface area contributed by atoms with Gasteiger partial charge in [0.05, 0.1) is 0 Å². The lowest BCUT2D eigenvalue weighted by molar-refractivity contribution is 0.203.